The minimum absolute atomic E-state index is 0.0214. The summed E-state index contributed by atoms with van der Waals surface area (Å²) in [4.78, 5) is 13.8. The number of aromatic nitrogens is 2. The predicted octanol–water partition coefficient (Wildman–Crippen LogP) is 1.37. The summed E-state index contributed by atoms with van der Waals surface area (Å²) in [6, 6.07) is -0.138. The largest absolute Gasteiger partial charge is 0.397 e. The van der Waals surface area contributed by atoms with Crippen LogP contribution in [0.1, 0.15) is 22.3 Å². The molecule has 0 fully saturated rings. The van der Waals surface area contributed by atoms with Crippen LogP contribution in [0.25, 0.3) is 10.2 Å². The highest BCUT2D eigenvalue weighted by Crippen LogP contribution is 2.35. The molecule has 2 aromatic rings. The third-order valence-electron chi connectivity index (χ3n) is 3.49. The Labute approximate surface area is 131 Å². The van der Waals surface area contributed by atoms with E-state index in [9.17, 15) is 9.90 Å². The molecule has 2 atom stereocenters. The van der Waals surface area contributed by atoms with E-state index in [0.717, 1.165) is 15.9 Å². The van der Waals surface area contributed by atoms with Crippen LogP contribution < -0.4 is 11.1 Å². The number of aliphatic hydroxyl groups excluding tert-OH is 1. The highest BCUT2D eigenvalue weighted by atomic mass is 32.2. The predicted molar refractivity (Wildman–Crippen MR) is 89.1 cm³/mol. The molecule has 6 nitrogen and oxygen atoms in total. The Hall–Kier alpha value is -1.25. The van der Waals surface area contributed by atoms with E-state index in [-0.39, 0.29) is 23.8 Å². The van der Waals surface area contributed by atoms with Gasteiger partial charge in [-0.2, -0.15) is 16.9 Å². The summed E-state index contributed by atoms with van der Waals surface area (Å²) in [7, 11) is 1.84. The van der Waals surface area contributed by atoms with Gasteiger partial charge in [-0.1, -0.05) is 0 Å². The van der Waals surface area contributed by atoms with Crippen LogP contribution in [-0.4, -0.2) is 44.9 Å². The summed E-state index contributed by atoms with van der Waals surface area (Å²) in [5.41, 5.74) is 7.42. The minimum Gasteiger partial charge on any atom is -0.397 e. The molecule has 0 bridgehead atoms. The lowest BCUT2D eigenvalue weighted by Gasteiger charge is -2.21. The number of nitrogens with two attached hydrogens (primary N) is 1. The van der Waals surface area contributed by atoms with Gasteiger partial charge < -0.3 is 16.2 Å². The number of hydrogen-bond acceptors (Lipinski definition) is 6. The molecule has 2 heterocycles. The van der Waals surface area contributed by atoms with Crippen molar-refractivity contribution in [3.63, 3.8) is 0 Å². The number of rotatable bonds is 5. The lowest BCUT2D eigenvalue weighted by molar-refractivity contribution is 0.0941. The summed E-state index contributed by atoms with van der Waals surface area (Å²) in [5, 5.41) is 17.3. The summed E-state index contributed by atoms with van der Waals surface area (Å²) < 4.78 is 1.74. The van der Waals surface area contributed by atoms with Crippen molar-refractivity contribution < 1.29 is 9.90 Å². The number of carbonyl (C=O) groups excluding carboxylic acids is 1. The second-order valence-corrected chi connectivity index (χ2v) is 7.03. The second kappa shape index (κ2) is 6.25. The first-order chi connectivity index (χ1) is 9.90. The lowest BCUT2D eigenvalue weighted by Crippen LogP contribution is -2.41. The van der Waals surface area contributed by atoms with Gasteiger partial charge in [-0.05, 0) is 20.1 Å². The Balaban J connectivity index is 2.28. The van der Waals surface area contributed by atoms with Crippen LogP contribution in [0.3, 0.4) is 0 Å². The molecule has 0 saturated heterocycles. The summed E-state index contributed by atoms with van der Waals surface area (Å²) in [6.45, 7) is 3.78. The standard InChI is InChI=1S/C13H20N4O2S2/c1-6(8(5-18)20-4)15-12(19)11-10(14)9-7(2)16-17(3)13(9)21-11/h6,8,18H,5,14H2,1-4H3,(H,15,19). The van der Waals surface area contributed by atoms with Gasteiger partial charge in [0, 0.05) is 18.3 Å². The number of thiophene rings is 1. The van der Waals surface area contributed by atoms with Gasteiger partial charge in [-0.3, -0.25) is 9.48 Å². The lowest BCUT2D eigenvalue weighted by atomic mass is 10.2. The first-order valence-corrected chi connectivity index (χ1v) is 8.67. The number of carbonyl (C=O) groups is 1. The summed E-state index contributed by atoms with van der Waals surface area (Å²) in [6.07, 6.45) is 1.91. The number of nitrogens with zero attached hydrogens (tertiary/aromatic N) is 2. The van der Waals surface area contributed by atoms with Crippen molar-refractivity contribution in [2.75, 3.05) is 18.6 Å². The van der Waals surface area contributed by atoms with Gasteiger partial charge in [-0.25, -0.2) is 0 Å². The minimum atomic E-state index is -0.201. The van der Waals surface area contributed by atoms with E-state index in [1.54, 1.807) is 4.68 Å². The van der Waals surface area contributed by atoms with E-state index in [1.807, 2.05) is 27.2 Å². The Morgan fingerprint density at radius 3 is 2.81 bits per heavy atom. The molecule has 0 radical (unpaired) electrons. The van der Waals surface area contributed by atoms with Crippen LogP contribution in [0.5, 0.6) is 0 Å². The highest BCUT2D eigenvalue weighted by molar-refractivity contribution is 7.99. The van der Waals surface area contributed by atoms with E-state index in [4.69, 9.17) is 5.73 Å². The van der Waals surface area contributed by atoms with Crippen molar-refractivity contribution in [3.05, 3.63) is 10.6 Å². The van der Waals surface area contributed by atoms with Crippen LogP contribution >= 0.6 is 23.1 Å². The molecule has 4 N–H and O–H groups in total. The van der Waals surface area contributed by atoms with Crippen molar-refractivity contribution in [2.45, 2.75) is 25.1 Å². The molecule has 8 heteroatoms. The van der Waals surface area contributed by atoms with Crippen LogP contribution in [0.15, 0.2) is 0 Å². The SMILES string of the molecule is CSC(CO)C(C)NC(=O)c1sc2c(c(C)nn2C)c1N. The molecule has 116 valence electrons. The molecule has 0 aliphatic heterocycles. The van der Waals surface area contributed by atoms with E-state index in [2.05, 4.69) is 10.4 Å². The number of amides is 1. The number of hydrogen-bond donors (Lipinski definition) is 3. The normalized spacial score (nSPS) is 14.3. The van der Waals surface area contributed by atoms with Crippen molar-refractivity contribution in [2.24, 2.45) is 7.05 Å². The molecule has 0 aliphatic rings. The number of thioether (sulfide) groups is 1. The zero-order chi connectivity index (χ0) is 15.7. The molecule has 0 spiro atoms. The Morgan fingerprint density at radius 2 is 2.29 bits per heavy atom. The molecular formula is C13H20N4O2S2. The molecular weight excluding hydrogens is 308 g/mol. The number of nitrogens with one attached hydrogen (secondary N) is 1. The van der Waals surface area contributed by atoms with Crippen molar-refractivity contribution >= 4 is 44.9 Å². The van der Waals surface area contributed by atoms with Gasteiger partial charge in [-0.15, -0.1) is 11.3 Å². The summed E-state index contributed by atoms with van der Waals surface area (Å²) >= 11 is 2.87. The van der Waals surface area contributed by atoms with Crippen molar-refractivity contribution in [1.29, 1.82) is 0 Å². The molecule has 0 saturated carbocycles. The number of fused-ring (bicyclic) bond motifs is 1. The third-order valence-corrected chi connectivity index (χ3v) is 5.92. The first kappa shape index (κ1) is 16.1. The maximum Gasteiger partial charge on any atom is 0.263 e. The molecule has 1 amide bonds. The zero-order valence-electron chi connectivity index (χ0n) is 12.5. The maximum absolute atomic E-state index is 12.4. The van der Waals surface area contributed by atoms with Crippen LogP contribution in [0.2, 0.25) is 0 Å². The van der Waals surface area contributed by atoms with Gasteiger partial charge in [0.15, 0.2) is 0 Å². The highest BCUT2D eigenvalue weighted by Gasteiger charge is 2.24. The number of nitrogen functional groups attached to an aromatic ring is 1. The van der Waals surface area contributed by atoms with E-state index < -0.39 is 0 Å². The monoisotopic (exact) mass is 328 g/mol. The van der Waals surface area contributed by atoms with Gasteiger partial charge in [0.25, 0.3) is 5.91 Å². The van der Waals surface area contributed by atoms with Crippen LogP contribution in [0, 0.1) is 6.92 Å². The quantitative estimate of drug-likeness (QED) is 0.771. The molecule has 2 aromatic heterocycles. The Morgan fingerprint density at radius 1 is 1.62 bits per heavy atom. The Bertz CT molecular complexity index is 661. The molecule has 0 aliphatic carbocycles. The van der Waals surface area contributed by atoms with Gasteiger partial charge in [0.05, 0.1) is 23.4 Å². The number of anilines is 1. The van der Waals surface area contributed by atoms with Gasteiger partial charge in [0.1, 0.15) is 9.71 Å². The fourth-order valence-corrected chi connectivity index (χ4v) is 4.02. The topological polar surface area (TPSA) is 93.2 Å². The van der Waals surface area contributed by atoms with E-state index in [0.29, 0.717) is 10.6 Å². The molecule has 0 aromatic carbocycles. The van der Waals surface area contributed by atoms with Crippen LogP contribution in [0.4, 0.5) is 5.69 Å². The van der Waals surface area contributed by atoms with E-state index >= 15 is 0 Å². The summed E-state index contributed by atoms with van der Waals surface area (Å²) in [5.74, 6) is -0.201. The van der Waals surface area contributed by atoms with Gasteiger partial charge in [0.2, 0.25) is 0 Å². The average molecular weight is 328 g/mol. The zero-order valence-corrected chi connectivity index (χ0v) is 14.1. The molecule has 21 heavy (non-hydrogen) atoms. The smallest absolute Gasteiger partial charge is 0.263 e. The van der Waals surface area contributed by atoms with E-state index in [1.165, 1.54) is 23.1 Å². The molecule has 2 rings (SSSR count). The second-order valence-electron chi connectivity index (χ2n) is 4.95. The maximum atomic E-state index is 12.4. The first-order valence-electron chi connectivity index (χ1n) is 6.56. The number of aliphatic hydroxyl groups is 1. The fourth-order valence-electron chi connectivity index (χ4n) is 2.30. The Kier molecular flexibility index (Phi) is 4.80. The average Bonchev–Trinajstić information content (AvgIpc) is 2.90. The number of aryl methyl sites for hydroxylation is 2. The van der Waals surface area contributed by atoms with Crippen molar-refractivity contribution in [3.8, 4) is 0 Å². The van der Waals surface area contributed by atoms with Crippen molar-refractivity contribution in [1.82, 2.24) is 15.1 Å². The fraction of sp³-hybridized carbons (Fsp3) is 0.538. The van der Waals surface area contributed by atoms with Gasteiger partial charge >= 0.3 is 0 Å². The van der Waals surface area contributed by atoms with Crippen LogP contribution in [-0.2, 0) is 7.05 Å². The third kappa shape index (κ3) is 2.88. The molecule has 2 unspecified atom stereocenters.